The van der Waals surface area contributed by atoms with Gasteiger partial charge in [-0.3, -0.25) is 4.99 Å². The third-order valence-electron chi connectivity index (χ3n) is 4.17. The van der Waals surface area contributed by atoms with Gasteiger partial charge in [-0.15, -0.1) is 0 Å². The maximum Gasteiger partial charge on any atom is 0.135 e. The minimum Gasteiger partial charge on any atom is -0.508 e. The lowest BCUT2D eigenvalue weighted by atomic mass is 10.1. The molecule has 3 rings (SSSR count). The minimum atomic E-state index is 0.245. The lowest BCUT2D eigenvalue weighted by molar-refractivity contribution is 0.415. The van der Waals surface area contributed by atoms with E-state index in [-0.39, 0.29) is 11.8 Å². The van der Waals surface area contributed by atoms with E-state index in [0.29, 0.717) is 5.92 Å². The van der Waals surface area contributed by atoms with E-state index in [9.17, 15) is 5.11 Å². The van der Waals surface area contributed by atoms with Crippen LogP contribution in [0.5, 0.6) is 11.5 Å². The van der Waals surface area contributed by atoms with Gasteiger partial charge in [0.05, 0.1) is 13.2 Å². The first-order valence-electron chi connectivity index (χ1n) is 7.87. The van der Waals surface area contributed by atoms with Gasteiger partial charge in [0, 0.05) is 17.8 Å². The fourth-order valence-corrected chi connectivity index (χ4v) is 2.77. The summed E-state index contributed by atoms with van der Waals surface area (Å²) in [6, 6.07) is 15.5. The Hall–Kier alpha value is -2.49. The molecule has 1 N–H and O–H groups in total. The number of amidine groups is 1. The molecule has 0 fully saturated rings. The Bertz CT molecular complexity index is 708. The van der Waals surface area contributed by atoms with E-state index in [2.05, 4.69) is 18.7 Å². The summed E-state index contributed by atoms with van der Waals surface area (Å²) in [4.78, 5) is 7.11. The summed E-state index contributed by atoms with van der Waals surface area (Å²) in [5.74, 6) is 2.47. The van der Waals surface area contributed by atoms with Gasteiger partial charge in [0.15, 0.2) is 0 Å². The highest BCUT2D eigenvalue weighted by Crippen LogP contribution is 2.28. The van der Waals surface area contributed by atoms with Crippen molar-refractivity contribution in [3.05, 3.63) is 54.1 Å². The second kappa shape index (κ2) is 6.32. The molecule has 1 atom stereocenters. The van der Waals surface area contributed by atoms with Crippen molar-refractivity contribution in [3.8, 4) is 11.5 Å². The largest absolute Gasteiger partial charge is 0.508 e. The Kier molecular flexibility index (Phi) is 4.24. The molecule has 0 aromatic heterocycles. The average molecular weight is 310 g/mol. The predicted octanol–water partition coefficient (Wildman–Crippen LogP) is 3.69. The van der Waals surface area contributed by atoms with Crippen LogP contribution in [0.3, 0.4) is 0 Å². The summed E-state index contributed by atoms with van der Waals surface area (Å²) >= 11 is 0. The number of aromatic hydroxyl groups is 1. The molecule has 4 heteroatoms. The van der Waals surface area contributed by atoms with Crippen LogP contribution < -0.4 is 9.64 Å². The van der Waals surface area contributed by atoms with Crippen molar-refractivity contribution in [3.63, 3.8) is 0 Å². The smallest absolute Gasteiger partial charge is 0.135 e. The van der Waals surface area contributed by atoms with Crippen molar-refractivity contribution in [1.29, 1.82) is 0 Å². The Balaban J connectivity index is 1.98. The molecule has 0 aliphatic carbocycles. The zero-order valence-electron chi connectivity index (χ0n) is 13.7. The maximum atomic E-state index is 9.78. The van der Waals surface area contributed by atoms with E-state index in [0.717, 1.165) is 29.4 Å². The van der Waals surface area contributed by atoms with Crippen molar-refractivity contribution in [2.24, 2.45) is 10.9 Å². The third kappa shape index (κ3) is 3.16. The molecule has 0 radical (unpaired) electrons. The average Bonchev–Trinajstić information content (AvgIpc) is 3.00. The molecule has 0 amide bonds. The zero-order valence-corrected chi connectivity index (χ0v) is 13.7. The zero-order chi connectivity index (χ0) is 16.4. The van der Waals surface area contributed by atoms with Crippen LogP contribution in [0.25, 0.3) is 0 Å². The van der Waals surface area contributed by atoms with Gasteiger partial charge < -0.3 is 14.7 Å². The molecular formula is C19H22N2O2. The topological polar surface area (TPSA) is 45.1 Å². The van der Waals surface area contributed by atoms with E-state index >= 15 is 0 Å². The van der Waals surface area contributed by atoms with Crippen LogP contribution in [0.1, 0.15) is 19.4 Å². The molecule has 4 nitrogen and oxygen atoms in total. The van der Waals surface area contributed by atoms with Gasteiger partial charge in [-0.05, 0) is 42.3 Å². The number of anilines is 1. The van der Waals surface area contributed by atoms with Gasteiger partial charge >= 0.3 is 0 Å². The highest BCUT2D eigenvalue weighted by Gasteiger charge is 2.29. The summed E-state index contributed by atoms with van der Waals surface area (Å²) in [5, 5.41) is 9.78. The van der Waals surface area contributed by atoms with Gasteiger partial charge in [0.1, 0.15) is 17.3 Å². The number of benzene rings is 2. The summed E-state index contributed by atoms with van der Waals surface area (Å²) in [6.45, 7) is 5.21. The number of aliphatic imine (C=N–C) groups is 1. The molecule has 2 aromatic rings. The molecule has 0 bridgehead atoms. The number of hydrogen-bond acceptors (Lipinski definition) is 4. The number of phenolic OH excluding ortho intramolecular Hbond substituents is 1. The number of ether oxygens (including phenoxy) is 1. The van der Waals surface area contributed by atoms with Crippen molar-refractivity contribution in [1.82, 2.24) is 0 Å². The van der Waals surface area contributed by atoms with Gasteiger partial charge in [-0.25, -0.2) is 0 Å². The van der Waals surface area contributed by atoms with Crippen LogP contribution in [-0.4, -0.2) is 30.6 Å². The number of hydrogen-bond donors (Lipinski definition) is 1. The van der Waals surface area contributed by atoms with E-state index in [1.165, 1.54) is 0 Å². The molecule has 120 valence electrons. The second-order valence-corrected chi connectivity index (χ2v) is 6.12. The lowest BCUT2D eigenvalue weighted by Crippen LogP contribution is -2.30. The Morgan fingerprint density at radius 3 is 2.52 bits per heavy atom. The standard InChI is InChI=1S/C19H22N2O2/c1-13(2)18-12-21(15-7-9-17(23-3)10-8-15)19(20-18)14-5-4-6-16(22)11-14/h4-11,13,18,22H,12H2,1-3H3/t18-/m1/s1. The van der Waals surface area contributed by atoms with Crippen molar-refractivity contribution in [2.45, 2.75) is 19.9 Å². The van der Waals surface area contributed by atoms with Crippen LogP contribution in [0.15, 0.2) is 53.5 Å². The van der Waals surface area contributed by atoms with E-state index in [1.54, 1.807) is 19.2 Å². The summed E-state index contributed by atoms with van der Waals surface area (Å²) in [5.41, 5.74) is 2.01. The molecule has 2 aromatic carbocycles. The van der Waals surface area contributed by atoms with Crippen LogP contribution in [-0.2, 0) is 0 Å². The molecule has 0 saturated heterocycles. The summed E-state index contributed by atoms with van der Waals surface area (Å²) < 4.78 is 5.24. The molecule has 0 spiro atoms. The monoisotopic (exact) mass is 310 g/mol. The van der Waals surface area contributed by atoms with Crippen molar-refractivity contribution < 1.29 is 9.84 Å². The van der Waals surface area contributed by atoms with Crippen molar-refractivity contribution in [2.75, 3.05) is 18.6 Å². The van der Waals surface area contributed by atoms with Crippen LogP contribution in [0.2, 0.25) is 0 Å². The fraction of sp³-hybridized carbons (Fsp3) is 0.316. The SMILES string of the molecule is COc1ccc(N2C[C@H](C(C)C)N=C2c2cccc(O)c2)cc1. The molecule has 1 aliphatic heterocycles. The Labute approximate surface area is 137 Å². The Morgan fingerprint density at radius 2 is 1.91 bits per heavy atom. The van der Waals surface area contributed by atoms with E-state index < -0.39 is 0 Å². The first-order valence-corrected chi connectivity index (χ1v) is 7.87. The van der Waals surface area contributed by atoms with Crippen molar-refractivity contribution >= 4 is 11.5 Å². The van der Waals surface area contributed by atoms with Crippen LogP contribution in [0.4, 0.5) is 5.69 Å². The van der Waals surface area contributed by atoms with E-state index in [4.69, 9.17) is 9.73 Å². The van der Waals surface area contributed by atoms with Crippen LogP contribution in [0, 0.1) is 5.92 Å². The third-order valence-corrected chi connectivity index (χ3v) is 4.17. The Morgan fingerprint density at radius 1 is 1.17 bits per heavy atom. The molecule has 0 unspecified atom stereocenters. The van der Waals surface area contributed by atoms with Crippen LogP contribution >= 0.6 is 0 Å². The van der Waals surface area contributed by atoms with E-state index in [1.807, 2.05) is 36.4 Å². The van der Waals surface area contributed by atoms with Gasteiger partial charge in [0.2, 0.25) is 0 Å². The van der Waals surface area contributed by atoms with Gasteiger partial charge in [0.25, 0.3) is 0 Å². The number of rotatable bonds is 4. The first-order chi connectivity index (χ1) is 11.1. The quantitative estimate of drug-likeness (QED) is 0.936. The summed E-state index contributed by atoms with van der Waals surface area (Å²) in [6.07, 6.45) is 0. The van der Waals surface area contributed by atoms with Gasteiger partial charge in [-0.1, -0.05) is 26.0 Å². The lowest BCUT2D eigenvalue weighted by Gasteiger charge is -2.22. The molecular weight excluding hydrogens is 288 g/mol. The summed E-state index contributed by atoms with van der Waals surface area (Å²) in [7, 11) is 1.67. The normalized spacial score (nSPS) is 17.5. The second-order valence-electron chi connectivity index (χ2n) is 6.12. The molecule has 0 saturated carbocycles. The van der Waals surface area contributed by atoms with Gasteiger partial charge in [-0.2, -0.15) is 0 Å². The predicted molar refractivity (Wildman–Crippen MR) is 93.6 cm³/mol. The number of methoxy groups -OCH3 is 1. The molecule has 1 heterocycles. The molecule has 1 aliphatic rings. The molecule has 23 heavy (non-hydrogen) atoms. The minimum absolute atomic E-state index is 0.245. The maximum absolute atomic E-state index is 9.78. The highest BCUT2D eigenvalue weighted by atomic mass is 16.5. The number of nitrogens with zero attached hydrogens (tertiary/aromatic N) is 2. The number of phenols is 1. The first kappa shape index (κ1) is 15.4. The fourth-order valence-electron chi connectivity index (χ4n) is 2.77. The highest BCUT2D eigenvalue weighted by molar-refractivity contribution is 6.11.